The summed E-state index contributed by atoms with van der Waals surface area (Å²) in [4.78, 5) is 11.1. The van der Waals surface area contributed by atoms with Gasteiger partial charge in [-0.1, -0.05) is 25.1 Å². The molecular weight excluding hydrogens is 218 g/mol. The highest BCUT2D eigenvalue weighted by molar-refractivity contribution is 5.93. The summed E-state index contributed by atoms with van der Waals surface area (Å²) in [6.45, 7) is 4.49. The first-order valence-electron chi connectivity index (χ1n) is 5.90. The summed E-state index contributed by atoms with van der Waals surface area (Å²) >= 11 is 0. The standard InChI is InChI=1S/C13H15NO3/c1-13(2)7-3-4-8(10(13)5-7)11-9(12(15)16)6-14-17-11/h4,6-7,10H,3,5H2,1-2H3,(H,15,16). The lowest BCUT2D eigenvalue weighted by atomic mass is 9.48. The van der Waals surface area contributed by atoms with Crippen molar-refractivity contribution in [3.05, 3.63) is 23.6 Å². The minimum absolute atomic E-state index is 0.178. The summed E-state index contributed by atoms with van der Waals surface area (Å²) < 4.78 is 5.15. The molecule has 4 nitrogen and oxygen atoms in total. The Bertz CT molecular complexity index is 512. The van der Waals surface area contributed by atoms with E-state index in [2.05, 4.69) is 25.1 Å². The molecule has 90 valence electrons. The molecule has 0 amide bonds. The predicted octanol–water partition coefficient (Wildman–Crippen LogP) is 2.82. The van der Waals surface area contributed by atoms with Gasteiger partial charge in [0.2, 0.25) is 0 Å². The van der Waals surface area contributed by atoms with E-state index in [1.54, 1.807) is 0 Å². The van der Waals surface area contributed by atoms with Gasteiger partial charge in [0.05, 0.1) is 6.20 Å². The normalized spacial score (nSPS) is 29.4. The van der Waals surface area contributed by atoms with Crippen LogP contribution in [0.4, 0.5) is 0 Å². The molecule has 1 N–H and O–H groups in total. The molecule has 1 aromatic rings. The molecule has 2 unspecified atom stereocenters. The minimum atomic E-state index is -0.971. The van der Waals surface area contributed by atoms with Crippen molar-refractivity contribution in [1.29, 1.82) is 0 Å². The molecule has 4 rings (SSSR count). The van der Waals surface area contributed by atoms with Crippen molar-refractivity contribution in [3.63, 3.8) is 0 Å². The van der Waals surface area contributed by atoms with Crippen LogP contribution in [0.15, 0.2) is 16.8 Å². The molecule has 3 aliphatic rings. The van der Waals surface area contributed by atoms with Crippen molar-refractivity contribution < 1.29 is 14.4 Å². The third kappa shape index (κ3) is 1.30. The van der Waals surface area contributed by atoms with E-state index in [1.165, 1.54) is 6.20 Å². The number of carbonyl (C=O) groups is 1. The summed E-state index contributed by atoms with van der Waals surface area (Å²) in [7, 11) is 0. The quantitative estimate of drug-likeness (QED) is 0.853. The monoisotopic (exact) mass is 233 g/mol. The fourth-order valence-corrected chi connectivity index (χ4v) is 3.21. The van der Waals surface area contributed by atoms with Gasteiger partial charge in [0.1, 0.15) is 5.56 Å². The second-order valence-electron chi connectivity index (χ2n) is 5.58. The molecule has 1 saturated carbocycles. The first-order valence-corrected chi connectivity index (χ1v) is 5.90. The average molecular weight is 233 g/mol. The topological polar surface area (TPSA) is 63.3 Å². The fraction of sp³-hybridized carbons (Fsp3) is 0.538. The molecule has 3 aliphatic carbocycles. The Morgan fingerprint density at radius 3 is 2.94 bits per heavy atom. The van der Waals surface area contributed by atoms with Gasteiger partial charge in [-0.3, -0.25) is 0 Å². The van der Waals surface area contributed by atoms with Gasteiger partial charge >= 0.3 is 5.97 Å². The molecule has 1 fully saturated rings. The van der Waals surface area contributed by atoms with Crippen molar-refractivity contribution in [2.24, 2.45) is 17.3 Å². The molecule has 4 heteroatoms. The van der Waals surface area contributed by atoms with Crippen LogP contribution in [0.25, 0.3) is 5.57 Å². The highest BCUT2D eigenvalue weighted by Gasteiger charge is 2.52. The van der Waals surface area contributed by atoms with Crippen molar-refractivity contribution in [1.82, 2.24) is 5.16 Å². The largest absolute Gasteiger partial charge is 0.477 e. The van der Waals surface area contributed by atoms with E-state index in [-0.39, 0.29) is 11.0 Å². The number of rotatable bonds is 2. The number of aromatic carboxylic acids is 1. The fourth-order valence-electron chi connectivity index (χ4n) is 3.21. The lowest BCUT2D eigenvalue weighted by Crippen LogP contribution is -2.47. The minimum Gasteiger partial charge on any atom is -0.477 e. The van der Waals surface area contributed by atoms with Crippen molar-refractivity contribution in [2.75, 3.05) is 0 Å². The van der Waals surface area contributed by atoms with E-state index in [9.17, 15) is 4.79 Å². The zero-order valence-electron chi connectivity index (χ0n) is 9.93. The van der Waals surface area contributed by atoms with Gasteiger partial charge in [0, 0.05) is 0 Å². The lowest BCUT2D eigenvalue weighted by molar-refractivity contribution is 0.00983. The molecule has 0 aliphatic heterocycles. The number of allylic oxidation sites excluding steroid dienone is 2. The Kier molecular flexibility index (Phi) is 2.00. The summed E-state index contributed by atoms with van der Waals surface area (Å²) in [6, 6.07) is 0. The average Bonchev–Trinajstić information content (AvgIpc) is 2.77. The van der Waals surface area contributed by atoms with Crippen LogP contribution in [-0.4, -0.2) is 16.2 Å². The summed E-state index contributed by atoms with van der Waals surface area (Å²) in [5.74, 6) is 0.620. The zero-order valence-corrected chi connectivity index (χ0v) is 9.93. The number of carboxylic acids is 1. The van der Waals surface area contributed by atoms with E-state index in [4.69, 9.17) is 9.63 Å². The molecule has 0 aromatic carbocycles. The summed E-state index contributed by atoms with van der Waals surface area (Å²) in [5, 5.41) is 12.7. The van der Waals surface area contributed by atoms with Crippen LogP contribution in [0.2, 0.25) is 0 Å². The van der Waals surface area contributed by atoms with Gasteiger partial charge in [-0.15, -0.1) is 0 Å². The highest BCUT2D eigenvalue weighted by Crippen LogP contribution is 2.61. The lowest BCUT2D eigenvalue weighted by Gasteiger charge is -2.56. The molecule has 0 saturated heterocycles. The van der Waals surface area contributed by atoms with E-state index < -0.39 is 5.97 Å². The van der Waals surface area contributed by atoms with Crippen LogP contribution >= 0.6 is 0 Å². The van der Waals surface area contributed by atoms with Gasteiger partial charge in [0.25, 0.3) is 0 Å². The smallest absolute Gasteiger partial charge is 0.341 e. The maximum atomic E-state index is 11.1. The molecule has 1 heterocycles. The van der Waals surface area contributed by atoms with Gasteiger partial charge in [0.15, 0.2) is 5.76 Å². The maximum Gasteiger partial charge on any atom is 0.341 e. The number of hydrogen-bond acceptors (Lipinski definition) is 3. The van der Waals surface area contributed by atoms with Crippen molar-refractivity contribution >= 4 is 11.5 Å². The van der Waals surface area contributed by atoms with Crippen LogP contribution < -0.4 is 0 Å². The van der Waals surface area contributed by atoms with Gasteiger partial charge in [-0.25, -0.2) is 4.79 Å². The Morgan fingerprint density at radius 2 is 2.35 bits per heavy atom. The van der Waals surface area contributed by atoms with Gasteiger partial charge in [-0.05, 0) is 35.7 Å². The first-order chi connectivity index (χ1) is 8.01. The summed E-state index contributed by atoms with van der Waals surface area (Å²) in [5.41, 5.74) is 1.47. The maximum absolute atomic E-state index is 11.1. The molecule has 17 heavy (non-hydrogen) atoms. The SMILES string of the molecule is CC1(C)C2CC=C(c3oncc3C(=O)O)C1C2. The van der Waals surface area contributed by atoms with E-state index in [0.29, 0.717) is 11.7 Å². The predicted molar refractivity (Wildman–Crippen MR) is 61.4 cm³/mol. The number of fused-ring (bicyclic) bond motifs is 1. The number of nitrogens with zero attached hydrogens (tertiary/aromatic N) is 1. The number of hydrogen-bond donors (Lipinski definition) is 1. The molecular formula is C13H15NO3. The molecule has 0 radical (unpaired) electrons. The Hall–Kier alpha value is -1.58. The van der Waals surface area contributed by atoms with E-state index >= 15 is 0 Å². The van der Waals surface area contributed by atoms with Crippen molar-refractivity contribution in [2.45, 2.75) is 26.7 Å². The zero-order chi connectivity index (χ0) is 12.2. The first kappa shape index (κ1) is 10.6. The molecule has 1 aromatic heterocycles. The Morgan fingerprint density at radius 1 is 1.59 bits per heavy atom. The van der Waals surface area contributed by atoms with Crippen LogP contribution in [-0.2, 0) is 0 Å². The van der Waals surface area contributed by atoms with E-state index in [0.717, 1.165) is 24.3 Å². The summed E-state index contributed by atoms with van der Waals surface area (Å²) in [6.07, 6.45) is 5.56. The van der Waals surface area contributed by atoms with Crippen LogP contribution in [0.5, 0.6) is 0 Å². The third-order valence-corrected chi connectivity index (χ3v) is 4.53. The second kappa shape index (κ2) is 3.22. The van der Waals surface area contributed by atoms with Gasteiger partial charge in [-0.2, -0.15) is 0 Å². The third-order valence-electron chi connectivity index (χ3n) is 4.53. The Balaban J connectivity index is 2.03. The molecule has 2 atom stereocenters. The van der Waals surface area contributed by atoms with Crippen LogP contribution in [0.3, 0.4) is 0 Å². The number of aromatic nitrogens is 1. The molecule has 0 spiro atoms. The number of carboxylic acid groups (broad SMARTS) is 1. The van der Waals surface area contributed by atoms with E-state index in [1.807, 2.05) is 0 Å². The highest BCUT2D eigenvalue weighted by atomic mass is 16.5. The Labute approximate surface area is 99.3 Å². The molecule has 2 bridgehead atoms. The van der Waals surface area contributed by atoms with Gasteiger partial charge < -0.3 is 9.63 Å². The van der Waals surface area contributed by atoms with Crippen LogP contribution in [0, 0.1) is 17.3 Å². The van der Waals surface area contributed by atoms with Crippen LogP contribution in [0.1, 0.15) is 42.8 Å². The van der Waals surface area contributed by atoms with Crippen molar-refractivity contribution in [3.8, 4) is 0 Å². The second-order valence-corrected chi connectivity index (χ2v) is 5.58.